The van der Waals surface area contributed by atoms with Crippen LogP contribution in [-0.4, -0.2) is 38.1 Å². The third-order valence-electron chi connectivity index (χ3n) is 4.23. The van der Waals surface area contributed by atoms with Crippen molar-refractivity contribution in [3.63, 3.8) is 0 Å². The van der Waals surface area contributed by atoms with E-state index in [0.29, 0.717) is 23.7 Å². The van der Waals surface area contributed by atoms with Gasteiger partial charge in [-0.1, -0.05) is 30.7 Å². The molecule has 1 aromatic heterocycles. The number of anilines is 1. The second kappa shape index (κ2) is 7.69. The lowest BCUT2D eigenvalue weighted by molar-refractivity contribution is -0.132. The third kappa shape index (κ3) is 3.58. The van der Waals surface area contributed by atoms with E-state index in [-0.39, 0.29) is 5.91 Å². The van der Waals surface area contributed by atoms with Gasteiger partial charge in [-0.3, -0.25) is 24.4 Å². The van der Waals surface area contributed by atoms with Crippen molar-refractivity contribution in [1.29, 1.82) is 0 Å². The molecule has 0 bridgehead atoms. The van der Waals surface area contributed by atoms with Crippen LogP contribution in [0.1, 0.15) is 18.9 Å². The van der Waals surface area contributed by atoms with E-state index < -0.39 is 17.2 Å². The Morgan fingerprint density at radius 1 is 1.42 bits per heavy atom. The maximum Gasteiger partial charge on any atom is 0.266 e. The van der Waals surface area contributed by atoms with Crippen LogP contribution in [0.4, 0.5) is 5.82 Å². The molecule has 1 aliphatic heterocycles. The van der Waals surface area contributed by atoms with Gasteiger partial charge in [-0.05, 0) is 30.5 Å². The average Bonchev–Trinajstić information content (AvgIpc) is 2.99. The molecule has 2 heterocycles. The van der Waals surface area contributed by atoms with Gasteiger partial charge in [0.05, 0.1) is 10.1 Å². The number of fused-ring (bicyclic) bond motifs is 1. The smallest absolute Gasteiger partial charge is 0.266 e. The van der Waals surface area contributed by atoms with Gasteiger partial charge >= 0.3 is 0 Å². The topological polar surface area (TPSA) is 87.5 Å². The van der Waals surface area contributed by atoms with Gasteiger partial charge in [0, 0.05) is 18.3 Å². The summed E-state index contributed by atoms with van der Waals surface area (Å²) in [7, 11) is 1.77. The highest BCUT2D eigenvalue weighted by molar-refractivity contribution is 8.01. The van der Waals surface area contributed by atoms with Crippen LogP contribution in [0.2, 0.25) is 5.02 Å². The van der Waals surface area contributed by atoms with Crippen molar-refractivity contribution >= 4 is 41.0 Å². The molecule has 2 aromatic rings. The molecule has 7 nitrogen and oxygen atoms in total. The fraction of sp³-hybridized carbons (Fsp3) is 0.353. The molecule has 26 heavy (non-hydrogen) atoms. The number of aromatic nitrogens is 2. The first-order valence-electron chi connectivity index (χ1n) is 8.16. The predicted molar refractivity (Wildman–Crippen MR) is 99.5 cm³/mol. The zero-order valence-corrected chi connectivity index (χ0v) is 15.9. The molecule has 2 N–H and O–H groups in total. The zero-order chi connectivity index (χ0) is 18.8. The van der Waals surface area contributed by atoms with E-state index in [4.69, 9.17) is 16.8 Å². The highest BCUT2D eigenvalue weighted by Gasteiger charge is 2.41. The lowest BCUT2D eigenvalue weighted by Gasteiger charge is -2.34. The number of nitrogens with zero attached hydrogens (tertiary/aromatic N) is 3. The van der Waals surface area contributed by atoms with Crippen LogP contribution in [0.15, 0.2) is 35.4 Å². The molecular formula is C17H19ClN4O3S. The van der Waals surface area contributed by atoms with Gasteiger partial charge in [0.1, 0.15) is 6.04 Å². The van der Waals surface area contributed by atoms with E-state index in [1.165, 1.54) is 16.7 Å². The number of aryl methyl sites for hydroxylation is 1. The maximum atomic E-state index is 13.2. The fourth-order valence-corrected chi connectivity index (χ4v) is 4.37. The van der Waals surface area contributed by atoms with E-state index in [1.54, 1.807) is 36.3 Å². The Morgan fingerprint density at radius 2 is 2.12 bits per heavy atom. The lowest BCUT2D eigenvalue weighted by atomic mass is 10.1. The van der Waals surface area contributed by atoms with Crippen LogP contribution in [0.25, 0.3) is 0 Å². The molecule has 2 atom stereocenters. The summed E-state index contributed by atoms with van der Waals surface area (Å²) in [6.07, 6.45) is 2.69. The Hall–Kier alpha value is -2.03. The first-order valence-corrected chi connectivity index (χ1v) is 9.42. The summed E-state index contributed by atoms with van der Waals surface area (Å²) >= 11 is 7.36. The Morgan fingerprint density at radius 3 is 2.73 bits per heavy atom. The zero-order valence-electron chi connectivity index (χ0n) is 14.3. The molecule has 2 amide bonds. The van der Waals surface area contributed by atoms with Crippen LogP contribution in [0, 0.1) is 0 Å². The van der Waals surface area contributed by atoms with Crippen molar-refractivity contribution in [2.75, 3.05) is 4.90 Å². The van der Waals surface area contributed by atoms with Gasteiger partial charge in [-0.15, -0.1) is 11.8 Å². The lowest BCUT2D eigenvalue weighted by Crippen LogP contribution is -2.53. The maximum absolute atomic E-state index is 13.2. The van der Waals surface area contributed by atoms with Crippen LogP contribution in [0.3, 0.4) is 0 Å². The minimum atomic E-state index is -0.824. The number of rotatable bonds is 5. The molecular weight excluding hydrogens is 376 g/mol. The van der Waals surface area contributed by atoms with Gasteiger partial charge in [0.2, 0.25) is 5.91 Å². The number of hydrogen-bond acceptors (Lipinski definition) is 5. The second-order valence-electron chi connectivity index (χ2n) is 6.04. The summed E-state index contributed by atoms with van der Waals surface area (Å²) in [6.45, 7) is 1.78. The monoisotopic (exact) mass is 394 g/mol. The van der Waals surface area contributed by atoms with E-state index in [2.05, 4.69) is 5.10 Å². The van der Waals surface area contributed by atoms with Gasteiger partial charge < -0.3 is 0 Å². The molecule has 9 heteroatoms. The van der Waals surface area contributed by atoms with Crippen molar-refractivity contribution in [2.45, 2.75) is 36.0 Å². The van der Waals surface area contributed by atoms with E-state index in [1.807, 2.05) is 18.3 Å². The Kier molecular flexibility index (Phi) is 5.55. The van der Waals surface area contributed by atoms with Gasteiger partial charge in [-0.2, -0.15) is 5.10 Å². The van der Waals surface area contributed by atoms with E-state index in [9.17, 15) is 9.59 Å². The SMILES string of the molecule is CCC(C(=O)NO)N1C(=O)C(Cc2ccc(Cl)cc2)Sc2cn(C)nc21. The molecule has 138 valence electrons. The summed E-state index contributed by atoms with van der Waals surface area (Å²) in [5.41, 5.74) is 2.63. The number of halogens is 1. The molecule has 0 spiro atoms. The number of carbonyl (C=O) groups is 2. The van der Waals surface area contributed by atoms with Crippen molar-refractivity contribution < 1.29 is 14.8 Å². The van der Waals surface area contributed by atoms with Crippen LogP contribution in [0.5, 0.6) is 0 Å². The highest BCUT2D eigenvalue weighted by Crippen LogP contribution is 2.40. The van der Waals surface area contributed by atoms with Gasteiger partial charge in [-0.25, -0.2) is 5.48 Å². The largest absolute Gasteiger partial charge is 0.289 e. The second-order valence-corrected chi connectivity index (χ2v) is 7.72. The van der Waals surface area contributed by atoms with Crippen molar-refractivity contribution in [3.05, 3.63) is 41.0 Å². The highest BCUT2D eigenvalue weighted by atomic mass is 35.5. The Labute approximate surface area is 160 Å². The Balaban J connectivity index is 1.96. The standard InChI is InChI=1S/C17H19ClN4O3S/c1-3-12(16(23)20-25)22-15-14(9-21(2)19-15)26-13(17(22)24)8-10-4-6-11(18)7-5-10/h4-7,9,12-13,25H,3,8H2,1-2H3,(H,20,23). The quantitative estimate of drug-likeness (QED) is 0.600. The van der Waals surface area contributed by atoms with Crippen LogP contribution in [-0.2, 0) is 23.1 Å². The summed E-state index contributed by atoms with van der Waals surface area (Å²) in [4.78, 5) is 27.5. The molecule has 3 rings (SSSR count). The minimum Gasteiger partial charge on any atom is -0.289 e. The molecule has 0 saturated carbocycles. The minimum absolute atomic E-state index is 0.202. The van der Waals surface area contributed by atoms with Crippen molar-refractivity contribution in [2.24, 2.45) is 7.05 Å². The van der Waals surface area contributed by atoms with Gasteiger partial charge in [0.15, 0.2) is 5.82 Å². The number of benzene rings is 1. The van der Waals surface area contributed by atoms with Gasteiger partial charge in [0.25, 0.3) is 5.91 Å². The number of thioether (sulfide) groups is 1. The fourth-order valence-electron chi connectivity index (χ4n) is 2.99. The number of nitrogens with one attached hydrogen (secondary N) is 1. The number of carbonyl (C=O) groups excluding carboxylic acids is 2. The molecule has 0 aliphatic carbocycles. The Bertz CT molecular complexity index is 824. The molecule has 1 aliphatic rings. The summed E-state index contributed by atoms with van der Waals surface area (Å²) in [5, 5.41) is 13.6. The number of hydrogen-bond donors (Lipinski definition) is 2. The normalized spacial score (nSPS) is 17.8. The van der Waals surface area contributed by atoms with E-state index >= 15 is 0 Å². The van der Waals surface area contributed by atoms with Crippen LogP contribution < -0.4 is 10.4 Å². The summed E-state index contributed by atoms with van der Waals surface area (Å²) < 4.78 is 1.62. The summed E-state index contributed by atoms with van der Waals surface area (Å²) in [6, 6.07) is 6.52. The molecule has 0 fully saturated rings. The first-order chi connectivity index (χ1) is 12.4. The number of hydroxylamine groups is 1. The number of amides is 2. The molecule has 0 saturated heterocycles. The summed E-state index contributed by atoms with van der Waals surface area (Å²) in [5.74, 6) is -0.383. The third-order valence-corrected chi connectivity index (χ3v) is 5.68. The van der Waals surface area contributed by atoms with Crippen molar-refractivity contribution in [3.8, 4) is 0 Å². The van der Waals surface area contributed by atoms with Crippen molar-refractivity contribution in [1.82, 2.24) is 15.3 Å². The molecule has 2 unspecified atom stereocenters. The molecule has 1 aromatic carbocycles. The van der Waals surface area contributed by atoms with E-state index in [0.717, 1.165) is 10.5 Å². The first kappa shape index (κ1) is 18.8. The molecule has 0 radical (unpaired) electrons. The average molecular weight is 395 g/mol. The predicted octanol–water partition coefficient (Wildman–Crippen LogP) is 2.41. The van der Waals surface area contributed by atoms with Crippen LogP contribution >= 0.6 is 23.4 Å².